The highest BCUT2D eigenvalue weighted by molar-refractivity contribution is 7.89. The molecule has 1 aliphatic heterocycles. The highest BCUT2D eigenvalue weighted by Gasteiger charge is 2.27. The molecule has 0 spiro atoms. The van der Waals surface area contributed by atoms with Gasteiger partial charge < -0.3 is 10.2 Å². The lowest BCUT2D eigenvalue weighted by atomic mass is 10.0. The number of carboxylic acid groups (broad SMARTS) is 1. The van der Waals surface area contributed by atoms with Crippen LogP contribution in [0.15, 0.2) is 47.4 Å². The van der Waals surface area contributed by atoms with Crippen molar-refractivity contribution < 1.29 is 23.4 Å². The summed E-state index contributed by atoms with van der Waals surface area (Å²) in [5.74, 6) is -1.28. The van der Waals surface area contributed by atoms with E-state index in [9.17, 15) is 18.3 Å². The first-order chi connectivity index (χ1) is 11.4. The molecule has 2 aromatic carbocycles. The van der Waals surface area contributed by atoms with Crippen molar-refractivity contribution in [3.63, 3.8) is 0 Å². The Balaban J connectivity index is 1.91. The summed E-state index contributed by atoms with van der Waals surface area (Å²) in [6.07, 6.45) is 1.75. The van der Waals surface area contributed by atoms with Crippen LogP contribution in [-0.2, 0) is 10.0 Å². The molecule has 7 heteroatoms. The number of aromatic carboxylic acids is 1. The Labute approximate surface area is 140 Å². The zero-order chi connectivity index (χ0) is 17.3. The third kappa shape index (κ3) is 3.00. The molecule has 1 fully saturated rings. The normalized spacial score (nSPS) is 15.5. The maximum absolute atomic E-state index is 12.5. The predicted molar refractivity (Wildman–Crippen MR) is 88.5 cm³/mol. The van der Waals surface area contributed by atoms with Gasteiger partial charge in [-0.05, 0) is 48.7 Å². The van der Waals surface area contributed by atoms with E-state index in [1.807, 2.05) is 0 Å². The fraction of sp³-hybridized carbons (Fsp3) is 0.235. The number of aromatic hydroxyl groups is 1. The number of sulfonamides is 1. The van der Waals surface area contributed by atoms with Crippen LogP contribution in [0.25, 0.3) is 11.1 Å². The number of benzene rings is 2. The Morgan fingerprint density at radius 2 is 1.62 bits per heavy atom. The van der Waals surface area contributed by atoms with Gasteiger partial charge in [0.15, 0.2) is 0 Å². The monoisotopic (exact) mass is 347 g/mol. The largest absolute Gasteiger partial charge is 0.507 e. The Morgan fingerprint density at radius 1 is 1.00 bits per heavy atom. The lowest BCUT2D eigenvalue weighted by molar-refractivity contribution is 0.0696. The lowest BCUT2D eigenvalue weighted by Crippen LogP contribution is -2.27. The van der Waals surface area contributed by atoms with E-state index >= 15 is 0 Å². The van der Waals surface area contributed by atoms with E-state index in [4.69, 9.17) is 5.11 Å². The smallest absolute Gasteiger partial charge is 0.335 e. The van der Waals surface area contributed by atoms with Gasteiger partial charge >= 0.3 is 5.97 Å². The van der Waals surface area contributed by atoms with Crippen molar-refractivity contribution in [1.29, 1.82) is 0 Å². The van der Waals surface area contributed by atoms with Gasteiger partial charge in [-0.3, -0.25) is 0 Å². The molecule has 2 aromatic rings. The van der Waals surface area contributed by atoms with Gasteiger partial charge in [0.2, 0.25) is 10.0 Å². The van der Waals surface area contributed by atoms with Gasteiger partial charge in [-0.15, -0.1) is 0 Å². The summed E-state index contributed by atoms with van der Waals surface area (Å²) in [5, 5.41) is 18.9. The molecular formula is C17H17NO5S. The van der Waals surface area contributed by atoms with Crippen molar-refractivity contribution in [1.82, 2.24) is 4.31 Å². The van der Waals surface area contributed by atoms with Crippen LogP contribution in [0.3, 0.4) is 0 Å². The minimum absolute atomic E-state index is 0.00974. The molecule has 1 heterocycles. The Bertz CT molecular complexity index is 868. The lowest BCUT2D eigenvalue weighted by Gasteiger charge is -2.15. The minimum atomic E-state index is -3.47. The van der Waals surface area contributed by atoms with Gasteiger partial charge in [-0.1, -0.05) is 12.1 Å². The SMILES string of the molecule is O=C(O)c1ccc(-c2ccc(S(=O)(=O)N3CCCC3)cc2)c(O)c1. The van der Waals surface area contributed by atoms with Crippen molar-refractivity contribution in [3.8, 4) is 16.9 Å². The molecule has 3 rings (SSSR count). The van der Waals surface area contributed by atoms with Crippen molar-refractivity contribution in [2.24, 2.45) is 0 Å². The number of carboxylic acids is 1. The van der Waals surface area contributed by atoms with Crippen molar-refractivity contribution in [2.45, 2.75) is 17.7 Å². The molecule has 1 saturated heterocycles. The molecule has 0 atom stereocenters. The third-order valence-corrected chi connectivity index (χ3v) is 6.03. The van der Waals surface area contributed by atoms with Crippen LogP contribution in [-0.4, -0.2) is 42.0 Å². The number of nitrogens with zero attached hydrogens (tertiary/aromatic N) is 1. The first-order valence-electron chi connectivity index (χ1n) is 7.56. The summed E-state index contributed by atoms with van der Waals surface area (Å²) in [5.41, 5.74) is 1.06. The zero-order valence-electron chi connectivity index (χ0n) is 12.8. The molecule has 2 N–H and O–H groups in total. The second-order valence-electron chi connectivity index (χ2n) is 5.67. The van der Waals surface area contributed by atoms with E-state index in [-0.39, 0.29) is 16.2 Å². The van der Waals surface area contributed by atoms with E-state index in [0.29, 0.717) is 24.2 Å². The summed E-state index contributed by atoms with van der Waals surface area (Å²) in [6, 6.07) is 10.3. The van der Waals surface area contributed by atoms with Gasteiger partial charge in [-0.2, -0.15) is 4.31 Å². The van der Waals surface area contributed by atoms with Crippen LogP contribution in [0.4, 0.5) is 0 Å². The van der Waals surface area contributed by atoms with E-state index < -0.39 is 16.0 Å². The number of phenolic OH excluding ortho intramolecular Hbond substituents is 1. The van der Waals surface area contributed by atoms with Crippen molar-refractivity contribution >= 4 is 16.0 Å². The number of rotatable bonds is 4. The van der Waals surface area contributed by atoms with Crippen LogP contribution in [0.5, 0.6) is 5.75 Å². The maximum atomic E-state index is 12.5. The van der Waals surface area contributed by atoms with Crippen molar-refractivity contribution in [2.75, 3.05) is 13.1 Å². The Hall–Kier alpha value is -2.38. The first-order valence-corrected chi connectivity index (χ1v) is 9.00. The molecular weight excluding hydrogens is 330 g/mol. The molecule has 126 valence electrons. The Kier molecular flexibility index (Phi) is 4.29. The quantitative estimate of drug-likeness (QED) is 0.886. The zero-order valence-corrected chi connectivity index (χ0v) is 13.7. The molecule has 0 aromatic heterocycles. The molecule has 0 unspecified atom stereocenters. The van der Waals surface area contributed by atoms with E-state index in [1.165, 1.54) is 34.6 Å². The predicted octanol–water partition coefficient (Wildman–Crippen LogP) is 2.54. The van der Waals surface area contributed by atoms with Crippen LogP contribution in [0.2, 0.25) is 0 Å². The highest BCUT2D eigenvalue weighted by Crippen LogP contribution is 2.31. The van der Waals surface area contributed by atoms with Crippen molar-refractivity contribution in [3.05, 3.63) is 48.0 Å². The third-order valence-electron chi connectivity index (χ3n) is 4.11. The Morgan fingerprint density at radius 3 is 2.17 bits per heavy atom. The molecule has 0 amide bonds. The molecule has 1 aliphatic rings. The van der Waals surface area contributed by atoms with E-state index in [0.717, 1.165) is 12.8 Å². The van der Waals surface area contributed by atoms with Crippen LogP contribution < -0.4 is 0 Å². The molecule has 6 nitrogen and oxygen atoms in total. The number of phenols is 1. The van der Waals surface area contributed by atoms with Gasteiger partial charge in [0.25, 0.3) is 0 Å². The fourth-order valence-corrected chi connectivity index (χ4v) is 4.31. The topological polar surface area (TPSA) is 94.9 Å². The van der Waals surface area contributed by atoms with E-state index in [2.05, 4.69) is 0 Å². The summed E-state index contributed by atoms with van der Waals surface area (Å²) in [7, 11) is -3.47. The fourth-order valence-electron chi connectivity index (χ4n) is 2.79. The summed E-state index contributed by atoms with van der Waals surface area (Å²) < 4.78 is 26.4. The number of carbonyl (C=O) groups is 1. The van der Waals surface area contributed by atoms with E-state index in [1.54, 1.807) is 12.1 Å². The van der Waals surface area contributed by atoms with Gasteiger partial charge in [-0.25, -0.2) is 13.2 Å². The summed E-state index contributed by atoms with van der Waals surface area (Å²) in [6.45, 7) is 1.09. The summed E-state index contributed by atoms with van der Waals surface area (Å²) in [4.78, 5) is 11.1. The standard InChI is InChI=1S/C17H17NO5S/c19-16-11-13(17(20)21)5-8-15(16)12-3-6-14(7-4-12)24(22,23)18-9-1-2-10-18/h3-8,11,19H,1-2,9-10H2,(H,20,21). The van der Waals surface area contributed by atoms with Crippen LogP contribution >= 0.6 is 0 Å². The number of hydrogen-bond donors (Lipinski definition) is 2. The second kappa shape index (κ2) is 6.26. The van der Waals surface area contributed by atoms with Crippen LogP contribution in [0, 0.1) is 0 Å². The number of hydrogen-bond acceptors (Lipinski definition) is 4. The van der Waals surface area contributed by atoms with Crippen LogP contribution in [0.1, 0.15) is 23.2 Å². The van der Waals surface area contributed by atoms with Gasteiger partial charge in [0.05, 0.1) is 10.5 Å². The minimum Gasteiger partial charge on any atom is -0.507 e. The molecule has 0 aliphatic carbocycles. The van der Waals surface area contributed by atoms with Gasteiger partial charge in [0.1, 0.15) is 5.75 Å². The average Bonchev–Trinajstić information content (AvgIpc) is 3.10. The highest BCUT2D eigenvalue weighted by atomic mass is 32.2. The second-order valence-corrected chi connectivity index (χ2v) is 7.61. The van der Waals surface area contributed by atoms with Gasteiger partial charge in [0, 0.05) is 18.7 Å². The maximum Gasteiger partial charge on any atom is 0.335 e. The molecule has 24 heavy (non-hydrogen) atoms. The first kappa shape index (κ1) is 16.5. The molecule has 0 saturated carbocycles. The summed E-state index contributed by atoms with van der Waals surface area (Å²) >= 11 is 0. The molecule has 0 bridgehead atoms. The average molecular weight is 347 g/mol. The molecule has 0 radical (unpaired) electrons.